The van der Waals surface area contributed by atoms with E-state index in [0.717, 1.165) is 10.1 Å². The molecule has 4 aromatic rings. The number of fused-ring (bicyclic) bond motifs is 1. The van der Waals surface area contributed by atoms with Crippen LogP contribution in [0.3, 0.4) is 0 Å². The molecular formula is C26H26N4O6S. The molecule has 2 atom stereocenters. The van der Waals surface area contributed by atoms with Crippen LogP contribution in [0.1, 0.15) is 29.7 Å². The summed E-state index contributed by atoms with van der Waals surface area (Å²) in [5.74, 6) is 0.605. The molecule has 0 aliphatic carbocycles. The molecule has 4 heterocycles. The molecule has 0 bridgehead atoms. The van der Waals surface area contributed by atoms with Crippen molar-refractivity contribution < 1.29 is 18.7 Å². The minimum absolute atomic E-state index is 0.0726. The first-order valence-corrected chi connectivity index (χ1v) is 12.6. The van der Waals surface area contributed by atoms with Crippen molar-refractivity contribution in [2.24, 2.45) is 0 Å². The second kappa shape index (κ2) is 10.2. The van der Waals surface area contributed by atoms with E-state index in [1.54, 1.807) is 20.1 Å². The molecule has 37 heavy (non-hydrogen) atoms. The van der Waals surface area contributed by atoms with Gasteiger partial charge in [0, 0.05) is 12.1 Å². The summed E-state index contributed by atoms with van der Waals surface area (Å²) in [5.41, 5.74) is 0.284. The molecule has 1 aliphatic rings. The summed E-state index contributed by atoms with van der Waals surface area (Å²) >= 11 is 1.25. The van der Waals surface area contributed by atoms with Crippen LogP contribution in [0.4, 0.5) is 0 Å². The summed E-state index contributed by atoms with van der Waals surface area (Å²) < 4.78 is 19.7. The van der Waals surface area contributed by atoms with E-state index >= 15 is 0 Å². The van der Waals surface area contributed by atoms with Gasteiger partial charge in [-0.05, 0) is 25.0 Å². The minimum atomic E-state index is -0.890. The fourth-order valence-corrected chi connectivity index (χ4v) is 5.93. The Balaban J connectivity index is 1.76. The minimum Gasteiger partial charge on any atom is -0.496 e. The number of aryl methyl sites for hydroxylation is 1. The summed E-state index contributed by atoms with van der Waals surface area (Å²) in [6, 6.07) is 6.51. The van der Waals surface area contributed by atoms with Gasteiger partial charge in [-0.1, -0.05) is 24.3 Å². The molecule has 1 saturated heterocycles. The fourth-order valence-electron chi connectivity index (χ4n) is 4.69. The highest BCUT2D eigenvalue weighted by molar-refractivity contribution is 7.22. The molecule has 1 N–H and O–H groups in total. The lowest BCUT2D eigenvalue weighted by Gasteiger charge is -2.22. The van der Waals surface area contributed by atoms with Crippen LogP contribution < -0.4 is 21.3 Å². The molecule has 1 amide bonds. The standard InChI is InChI=1S/C26H26N4O6S/c1-4-12-35-19(16-7-5-6-8-18(16)34-3)14-29-25-20(15(2)21(37-25)23-28-11-13-36-23)24(32)30(26(29)33)17-9-10-27-22(17)31/h4-8,11,13,17,19H,1,9-10,12,14H2,2-3H3,(H,27,31)/t17?,19-/m0/s1. The van der Waals surface area contributed by atoms with Gasteiger partial charge < -0.3 is 19.2 Å². The number of oxazole rings is 1. The lowest BCUT2D eigenvalue weighted by atomic mass is 10.1. The zero-order valence-electron chi connectivity index (χ0n) is 20.4. The summed E-state index contributed by atoms with van der Waals surface area (Å²) in [6.45, 7) is 6.23. The van der Waals surface area contributed by atoms with Crippen LogP contribution in [-0.4, -0.2) is 40.3 Å². The summed E-state index contributed by atoms with van der Waals surface area (Å²) in [5, 5.41) is 3.07. The third kappa shape index (κ3) is 4.30. The predicted molar refractivity (Wildman–Crippen MR) is 139 cm³/mol. The van der Waals surface area contributed by atoms with Gasteiger partial charge >= 0.3 is 5.69 Å². The number of carbonyl (C=O) groups excluding carboxylic acids is 1. The number of rotatable bonds is 9. The van der Waals surface area contributed by atoms with E-state index in [4.69, 9.17) is 13.9 Å². The van der Waals surface area contributed by atoms with E-state index in [0.29, 0.717) is 45.3 Å². The van der Waals surface area contributed by atoms with Crippen molar-refractivity contribution in [1.82, 2.24) is 19.4 Å². The number of thiophene rings is 1. The Morgan fingerprint density at radius 1 is 1.32 bits per heavy atom. The molecule has 3 aromatic heterocycles. The lowest BCUT2D eigenvalue weighted by Crippen LogP contribution is -2.44. The summed E-state index contributed by atoms with van der Waals surface area (Å²) in [7, 11) is 1.57. The molecule has 11 heteroatoms. The second-order valence-electron chi connectivity index (χ2n) is 8.59. The molecule has 1 unspecified atom stereocenters. The van der Waals surface area contributed by atoms with E-state index in [2.05, 4.69) is 16.9 Å². The highest BCUT2D eigenvalue weighted by Crippen LogP contribution is 2.37. The van der Waals surface area contributed by atoms with Gasteiger partial charge in [0.05, 0.1) is 36.7 Å². The topological polar surface area (TPSA) is 118 Å². The number of hydrogen-bond acceptors (Lipinski definition) is 8. The normalized spacial score (nSPS) is 16.2. The maximum atomic E-state index is 13.9. The van der Waals surface area contributed by atoms with Gasteiger partial charge in [-0.3, -0.25) is 14.2 Å². The molecule has 1 aromatic carbocycles. The van der Waals surface area contributed by atoms with Crippen LogP contribution in [0.5, 0.6) is 5.75 Å². The Morgan fingerprint density at radius 2 is 2.14 bits per heavy atom. The molecule has 1 fully saturated rings. The highest BCUT2D eigenvalue weighted by atomic mass is 32.1. The SMILES string of the molecule is C=CCO[C@@H](Cn1c(=O)n(C2CCNC2=O)c(=O)c2c(C)c(-c3ncco3)sc21)c1ccccc1OC. The summed E-state index contributed by atoms with van der Waals surface area (Å²) in [6.07, 6.45) is 4.34. The number of nitrogens with zero attached hydrogens (tertiary/aromatic N) is 3. The van der Waals surface area contributed by atoms with Crippen LogP contribution in [0.15, 0.2) is 63.4 Å². The van der Waals surface area contributed by atoms with Gasteiger partial charge in [-0.25, -0.2) is 14.3 Å². The van der Waals surface area contributed by atoms with Gasteiger partial charge in [-0.15, -0.1) is 17.9 Å². The van der Waals surface area contributed by atoms with E-state index in [-0.39, 0.29) is 19.1 Å². The van der Waals surface area contributed by atoms with Crippen molar-refractivity contribution in [3.8, 4) is 16.5 Å². The molecule has 0 saturated carbocycles. The number of carbonyl (C=O) groups is 1. The number of ether oxygens (including phenoxy) is 2. The Morgan fingerprint density at radius 3 is 2.81 bits per heavy atom. The van der Waals surface area contributed by atoms with Gasteiger partial charge in [-0.2, -0.15) is 0 Å². The monoisotopic (exact) mass is 522 g/mol. The first-order chi connectivity index (χ1) is 18.0. The first-order valence-electron chi connectivity index (χ1n) is 11.8. The number of aromatic nitrogens is 3. The van der Waals surface area contributed by atoms with Crippen molar-refractivity contribution in [1.29, 1.82) is 0 Å². The number of nitrogens with one attached hydrogen (secondary N) is 1. The van der Waals surface area contributed by atoms with Crippen LogP contribution >= 0.6 is 11.3 Å². The zero-order valence-corrected chi connectivity index (χ0v) is 21.2. The zero-order chi connectivity index (χ0) is 26.1. The van der Waals surface area contributed by atoms with Crippen molar-refractivity contribution in [3.63, 3.8) is 0 Å². The molecule has 1 aliphatic heterocycles. The van der Waals surface area contributed by atoms with Crippen LogP contribution in [-0.2, 0) is 16.1 Å². The second-order valence-corrected chi connectivity index (χ2v) is 9.59. The molecule has 0 radical (unpaired) electrons. The van der Waals surface area contributed by atoms with Crippen molar-refractivity contribution in [3.05, 3.63) is 81.3 Å². The van der Waals surface area contributed by atoms with E-state index in [9.17, 15) is 14.4 Å². The Hall–Kier alpha value is -3.96. The van der Waals surface area contributed by atoms with Gasteiger partial charge in [0.1, 0.15) is 29.0 Å². The number of amides is 1. The first kappa shape index (κ1) is 24.7. The van der Waals surface area contributed by atoms with E-state index < -0.39 is 23.4 Å². The smallest absolute Gasteiger partial charge is 0.332 e. The Labute approximate surface area is 215 Å². The van der Waals surface area contributed by atoms with Crippen LogP contribution in [0, 0.1) is 6.92 Å². The van der Waals surface area contributed by atoms with Crippen molar-refractivity contribution >= 4 is 27.5 Å². The Kier molecular flexibility index (Phi) is 6.81. The lowest BCUT2D eigenvalue weighted by molar-refractivity contribution is -0.122. The molecule has 10 nitrogen and oxygen atoms in total. The van der Waals surface area contributed by atoms with Crippen LogP contribution in [0.2, 0.25) is 0 Å². The maximum Gasteiger partial charge on any atom is 0.332 e. The number of hydrogen-bond donors (Lipinski definition) is 1. The van der Waals surface area contributed by atoms with Crippen LogP contribution in [0.25, 0.3) is 21.0 Å². The third-order valence-corrected chi connectivity index (χ3v) is 7.75. The van der Waals surface area contributed by atoms with Crippen molar-refractivity contribution in [2.75, 3.05) is 20.3 Å². The van der Waals surface area contributed by atoms with E-state index in [1.165, 1.54) is 28.4 Å². The quantitative estimate of drug-likeness (QED) is 0.336. The van der Waals surface area contributed by atoms with Gasteiger partial charge in [0.2, 0.25) is 11.8 Å². The van der Waals surface area contributed by atoms with Crippen molar-refractivity contribution in [2.45, 2.75) is 32.0 Å². The molecule has 192 valence electrons. The van der Waals surface area contributed by atoms with E-state index in [1.807, 2.05) is 24.3 Å². The third-order valence-electron chi connectivity index (χ3n) is 6.45. The maximum absolute atomic E-state index is 13.9. The molecular weight excluding hydrogens is 496 g/mol. The number of benzene rings is 1. The summed E-state index contributed by atoms with van der Waals surface area (Å²) in [4.78, 5) is 45.6. The number of methoxy groups -OCH3 is 1. The molecule has 0 spiro atoms. The fraction of sp³-hybridized carbons (Fsp3) is 0.308. The average Bonchev–Trinajstić information content (AvgIpc) is 3.65. The van der Waals surface area contributed by atoms with Gasteiger partial charge in [0.15, 0.2) is 0 Å². The van der Waals surface area contributed by atoms with Gasteiger partial charge in [0.25, 0.3) is 5.56 Å². The molecule has 5 rings (SSSR count). The Bertz CT molecular complexity index is 1580. The average molecular weight is 523 g/mol. The largest absolute Gasteiger partial charge is 0.496 e. The number of para-hydroxylation sites is 1. The predicted octanol–water partition coefficient (Wildman–Crippen LogP) is 3.20. The highest BCUT2D eigenvalue weighted by Gasteiger charge is 2.32.